The van der Waals surface area contributed by atoms with Crippen molar-refractivity contribution in [3.8, 4) is 0 Å². The van der Waals surface area contributed by atoms with Crippen molar-refractivity contribution in [1.82, 2.24) is 19.5 Å². The number of piperidine rings is 1. The first kappa shape index (κ1) is 15.1. The number of rotatable bonds is 2. The number of fused-ring (bicyclic) bond motifs is 1. The summed E-state index contributed by atoms with van der Waals surface area (Å²) < 4.78 is 1.51. The number of aromatic nitrogens is 3. The summed E-state index contributed by atoms with van der Waals surface area (Å²) >= 11 is 0. The van der Waals surface area contributed by atoms with Crippen molar-refractivity contribution in [1.29, 1.82) is 0 Å². The van der Waals surface area contributed by atoms with Gasteiger partial charge in [-0.15, -0.1) is 0 Å². The molecule has 1 aliphatic rings. The lowest BCUT2D eigenvalue weighted by Gasteiger charge is -2.35. The van der Waals surface area contributed by atoms with Crippen molar-refractivity contribution in [2.75, 3.05) is 6.54 Å². The lowest BCUT2D eigenvalue weighted by Crippen LogP contribution is -2.43. The van der Waals surface area contributed by atoms with Crippen molar-refractivity contribution < 1.29 is 14.7 Å². The van der Waals surface area contributed by atoms with Gasteiger partial charge in [-0.05, 0) is 19.8 Å². The molecular formula is C14H17N5O4. The molecule has 1 aliphatic heterocycles. The maximum atomic E-state index is 11.9. The fourth-order valence-corrected chi connectivity index (χ4v) is 3.21. The van der Waals surface area contributed by atoms with Gasteiger partial charge in [0.2, 0.25) is 0 Å². The first-order chi connectivity index (χ1) is 10.9. The monoisotopic (exact) mass is 319 g/mol. The molecule has 0 radical (unpaired) electrons. The summed E-state index contributed by atoms with van der Waals surface area (Å²) in [4.78, 5) is 38.5. The van der Waals surface area contributed by atoms with Gasteiger partial charge in [0.15, 0.2) is 0 Å². The Labute approximate surface area is 130 Å². The zero-order valence-electron chi connectivity index (χ0n) is 12.5. The van der Waals surface area contributed by atoms with Crippen LogP contribution in [0, 0.1) is 0 Å². The molecule has 2 aromatic heterocycles. The maximum absolute atomic E-state index is 11.9. The zero-order chi connectivity index (χ0) is 16.7. The summed E-state index contributed by atoms with van der Waals surface area (Å²) in [6, 6.07) is 1.28. The molecular weight excluding hydrogens is 302 g/mol. The van der Waals surface area contributed by atoms with E-state index in [1.54, 1.807) is 0 Å². The highest BCUT2D eigenvalue weighted by Crippen LogP contribution is 2.31. The molecule has 2 amide bonds. The normalized spacial score (nSPS) is 21.5. The van der Waals surface area contributed by atoms with E-state index < -0.39 is 12.0 Å². The Hall–Kier alpha value is -2.84. The number of H-pyrrole nitrogens is 1. The summed E-state index contributed by atoms with van der Waals surface area (Å²) in [5, 5.41) is 13.3. The van der Waals surface area contributed by atoms with E-state index in [4.69, 9.17) is 10.8 Å². The van der Waals surface area contributed by atoms with Crippen LogP contribution in [0.25, 0.3) is 5.65 Å². The highest BCUT2D eigenvalue weighted by molar-refractivity contribution is 5.98. The smallest absolute Gasteiger partial charge is 0.407 e. The third-order valence-electron chi connectivity index (χ3n) is 4.34. The Balaban J connectivity index is 2.02. The first-order valence-electron chi connectivity index (χ1n) is 7.28. The van der Waals surface area contributed by atoms with Crippen LogP contribution in [0.3, 0.4) is 0 Å². The molecule has 122 valence electrons. The van der Waals surface area contributed by atoms with Gasteiger partial charge in [0, 0.05) is 24.6 Å². The number of nitrogens with one attached hydrogen (secondary N) is 1. The number of nitrogens with zero attached hydrogens (tertiary/aromatic N) is 3. The predicted molar refractivity (Wildman–Crippen MR) is 80.5 cm³/mol. The standard InChI is InChI=1S/C14H17N5O4/c1-7-4-8(2-3-18(7)14(22)23)10-5-11(20)17-13-9(12(15)21)6-16-19(10)13/h5-8H,2-4H2,1H3,(H2,15,21)(H,17,20)(H,22,23). The molecule has 3 heterocycles. The third kappa shape index (κ3) is 2.54. The summed E-state index contributed by atoms with van der Waals surface area (Å²) in [5.41, 5.74) is 6.03. The molecule has 2 aromatic rings. The minimum Gasteiger partial charge on any atom is -0.465 e. The third-order valence-corrected chi connectivity index (χ3v) is 4.34. The number of amides is 2. The number of nitrogens with two attached hydrogens (primary N) is 1. The van der Waals surface area contributed by atoms with E-state index in [1.807, 2.05) is 6.92 Å². The van der Waals surface area contributed by atoms with Gasteiger partial charge in [-0.25, -0.2) is 9.31 Å². The molecule has 0 spiro atoms. The minimum absolute atomic E-state index is 0.0222. The predicted octanol–water partition coefficient (Wildman–Crippen LogP) is 0.367. The second-order valence-electron chi connectivity index (χ2n) is 5.79. The van der Waals surface area contributed by atoms with Crippen molar-refractivity contribution in [2.45, 2.75) is 31.7 Å². The largest absolute Gasteiger partial charge is 0.465 e. The fraction of sp³-hybridized carbons (Fsp3) is 0.429. The van der Waals surface area contributed by atoms with Crippen LogP contribution in [0.4, 0.5) is 4.79 Å². The summed E-state index contributed by atoms with van der Waals surface area (Å²) in [7, 11) is 0. The van der Waals surface area contributed by atoms with Gasteiger partial charge in [-0.3, -0.25) is 9.59 Å². The molecule has 3 rings (SSSR count). The Morgan fingerprint density at radius 2 is 2.22 bits per heavy atom. The van der Waals surface area contributed by atoms with Crippen LogP contribution in [0.15, 0.2) is 17.1 Å². The van der Waals surface area contributed by atoms with Crippen LogP contribution in [0.1, 0.15) is 41.7 Å². The maximum Gasteiger partial charge on any atom is 0.407 e. The second-order valence-corrected chi connectivity index (χ2v) is 5.79. The summed E-state index contributed by atoms with van der Waals surface area (Å²) in [5.74, 6) is -0.687. The molecule has 2 atom stereocenters. The van der Waals surface area contributed by atoms with E-state index >= 15 is 0 Å². The number of primary amides is 1. The van der Waals surface area contributed by atoms with Crippen molar-refractivity contribution in [2.24, 2.45) is 5.73 Å². The van der Waals surface area contributed by atoms with Crippen molar-refractivity contribution in [3.05, 3.63) is 33.9 Å². The van der Waals surface area contributed by atoms with Gasteiger partial charge in [0.05, 0.1) is 11.9 Å². The Morgan fingerprint density at radius 3 is 2.83 bits per heavy atom. The van der Waals surface area contributed by atoms with Gasteiger partial charge < -0.3 is 20.7 Å². The number of carbonyl (C=O) groups is 2. The average molecular weight is 319 g/mol. The molecule has 1 fully saturated rings. The van der Waals surface area contributed by atoms with E-state index in [-0.39, 0.29) is 28.7 Å². The van der Waals surface area contributed by atoms with Gasteiger partial charge in [0.1, 0.15) is 11.2 Å². The number of hydrogen-bond acceptors (Lipinski definition) is 4. The SMILES string of the molecule is CC1CC(c2cc(=O)[nH]c3c(C(N)=O)cnn23)CCN1C(=O)O. The highest BCUT2D eigenvalue weighted by atomic mass is 16.4. The molecule has 9 nitrogen and oxygen atoms in total. The van der Waals surface area contributed by atoms with Crippen LogP contribution in [-0.2, 0) is 0 Å². The molecule has 0 aliphatic carbocycles. The summed E-state index contributed by atoms with van der Waals surface area (Å²) in [6.07, 6.45) is 1.55. The summed E-state index contributed by atoms with van der Waals surface area (Å²) in [6.45, 7) is 2.22. The van der Waals surface area contributed by atoms with E-state index in [0.29, 0.717) is 25.1 Å². The number of carbonyl (C=O) groups excluding carboxylic acids is 1. The van der Waals surface area contributed by atoms with Crippen molar-refractivity contribution >= 4 is 17.6 Å². The van der Waals surface area contributed by atoms with Gasteiger partial charge >= 0.3 is 6.09 Å². The van der Waals surface area contributed by atoms with E-state index in [9.17, 15) is 14.4 Å². The molecule has 0 saturated carbocycles. The van der Waals surface area contributed by atoms with E-state index in [0.717, 1.165) is 0 Å². The Kier molecular flexibility index (Phi) is 3.55. The van der Waals surface area contributed by atoms with Crippen LogP contribution < -0.4 is 11.3 Å². The average Bonchev–Trinajstić information content (AvgIpc) is 2.89. The zero-order valence-corrected chi connectivity index (χ0v) is 12.5. The minimum atomic E-state index is -0.942. The van der Waals surface area contributed by atoms with Crippen LogP contribution in [0.2, 0.25) is 0 Å². The van der Waals surface area contributed by atoms with Crippen LogP contribution in [-0.4, -0.2) is 49.2 Å². The van der Waals surface area contributed by atoms with Crippen molar-refractivity contribution in [3.63, 3.8) is 0 Å². The Morgan fingerprint density at radius 1 is 1.48 bits per heavy atom. The van der Waals surface area contributed by atoms with Gasteiger partial charge in [-0.1, -0.05) is 0 Å². The first-order valence-corrected chi connectivity index (χ1v) is 7.28. The number of carboxylic acid groups (broad SMARTS) is 1. The number of likely N-dealkylation sites (tertiary alicyclic amines) is 1. The quantitative estimate of drug-likeness (QED) is 0.735. The second kappa shape index (κ2) is 5.41. The van der Waals surface area contributed by atoms with Gasteiger partial charge in [0.25, 0.3) is 11.5 Å². The lowest BCUT2D eigenvalue weighted by molar-refractivity contribution is 0.0999. The van der Waals surface area contributed by atoms with Crippen LogP contribution in [0.5, 0.6) is 0 Å². The molecule has 0 aromatic carbocycles. The van der Waals surface area contributed by atoms with E-state index in [1.165, 1.54) is 21.7 Å². The fourth-order valence-electron chi connectivity index (χ4n) is 3.21. The highest BCUT2D eigenvalue weighted by Gasteiger charge is 2.31. The topological polar surface area (TPSA) is 134 Å². The molecule has 23 heavy (non-hydrogen) atoms. The number of hydrogen-bond donors (Lipinski definition) is 3. The molecule has 4 N–H and O–H groups in total. The van der Waals surface area contributed by atoms with Gasteiger partial charge in [-0.2, -0.15) is 5.10 Å². The van der Waals surface area contributed by atoms with E-state index in [2.05, 4.69) is 10.1 Å². The molecule has 2 unspecified atom stereocenters. The number of aromatic amines is 1. The molecule has 0 bridgehead atoms. The molecule has 9 heteroatoms. The molecule has 1 saturated heterocycles. The van der Waals surface area contributed by atoms with Crippen LogP contribution >= 0.6 is 0 Å². The lowest BCUT2D eigenvalue weighted by atomic mass is 9.89. The Bertz CT molecular complexity index is 839.